The van der Waals surface area contributed by atoms with Gasteiger partial charge >= 0.3 is 7.12 Å². The smallest absolute Gasteiger partial charge is 0.403 e. The minimum absolute atomic E-state index is 0.126. The Balaban J connectivity index is 2.65. The van der Waals surface area contributed by atoms with E-state index >= 15 is 0 Å². The molecule has 0 aromatic rings. The summed E-state index contributed by atoms with van der Waals surface area (Å²) < 4.78 is 11.7. The van der Waals surface area contributed by atoms with Crippen LogP contribution in [0.5, 0.6) is 0 Å². The summed E-state index contributed by atoms with van der Waals surface area (Å²) in [5, 5.41) is 0. The second kappa shape index (κ2) is 3.51. The maximum absolute atomic E-state index is 6.28. The van der Waals surface area contributed by atoms with Gasteiger partial charge in [0.05, 0.1) is 11.2 Å². The van der Waals surface area contributed by atoms with Gasteiger partial charge in [0.1, 0.15) is 7.38 Å². The lowest BCUT2D eigenvalue weighted by Gasteiger charge is -2.32. The molecule has 0 aromatic heterocycles. The van der Waals surface area contributed by atoms with Crippen LogP contribution in [0.25, 0.3) is 0 Å². The fourth-order valence-corrected chi connectivity index (χ4v) is 2.78. The Hall–Kier alpha value is 0.492. The molecule has 0 aliphatic carbocycles. The zero-order valence-electron chi connectivity index (χ0n) is 9.98. The van der Waals surface area contributed by atoms with Crippen LogP contribution in [0.15, 0.2) is 0 Å². The van der Waals surface area contributed by atoms with Gasteiger partial charge in [-0.1, -0.05) is 13.1 Å². The molecule has 0 radical (unpaired) electrons. The minimum Gasteiger partial charge on any atom is -0.403 e. The van der Waals surface area contributed by atoms with Crippen molar-refractivity contribution in [1.82, 2.24) is 0 Å². The van der Waals surface area contributed by atoms with Gasteiger partial charge in [-0.25, -0.2) is 0 Å². The SMILES string of the molecule is CC1(C)OB(C[Si](C)(C)Cl)OC1(C)C. The van der Waals surface area contributed by atoms with Gasteiger partial charge in [-0.15, -0.1) is 0 Å². The molecule has 0 aromatic carbocycles. The molecule has 0 bridgehead atoms. The van der Waals surface area contributed by atoms with E-state index < -0.39 is 7.38 Å². The Morgan fingerprint density at radius 3 is 1.71 bits per heavy atom. The molecule has 0 N–H and O–H groups in total. The van der Waals surface area contributed by atoms with Gasteiger partial charge in [-0.2, -0.15) is 11.1 Å². The molecule has 1 aliphatic heterocycles. The molecule has 2 nitrogen and oxygen atoms in total. The number of halogens is 1. The zero-order valence-corrected chi connectivity index (χ0v) is 11.7. The van der Waals surface area contributed by atoms with Crippen molar-refractivity contribution in [2.24, 2.45) is 0 Å². The summed E-state index contributed by atoms with van der Waals surface area (Å²) in [6.07, 6.45) is 0. The first-order chi connectivity index (χ1) is 6.04. The number of rotatable bonds is 2. The Kier molecular flexibility index (Phi) is 3.15. The molecule has 0 spiro atoms. The lowest BCUT2D eigenvalue weighted by atomic mass is 9.90. The summed E-state index contributed by atoms with van der Waals surface area (Å²) in [6, 6.07) is 0. The van der Waals surface area contributed by atoms with Crippen LogP contribution in [0.4, 0.5) is 0 Å². The van der Waals surface area contributed by atoms with Gasteiger partial charge in [-0.05, 0) is 33.6 Å². The normalized spacial score (nSPS) is 25.5. The van der Waals surface area contributed by atoms with Gasteiger partial charge in [0.2, 0.25) is 0 Å². The molecule has 1 saturated heterocycles. The molecule has 0 atom stereocenters. The summed E-state index contributed by atoms with van der Waals surface area (Å²) in [5.41, 5.74) is -0.456. The molecule has 1 fully saturated rings. The maximum atomic E-state index is 6.28. The van der Waals surface area contributed by atoms with Crippen LogP contribution in [0, 0.1) is 0 Å². The second-order valence-electron chi connectivity index (χ2n) is 5.61. The van der Waals surface area contributed by atoms with Gasteiger partial charge in [0.15, 0.2) is 0 Å². The molecule has 1 aliphatic rings. The Morgan fingerprint density at radius 2 is 1.43 bits per heavy atom. The average molecular weight is 235 g/mol. The Bertz CT molecular complexity index is 209. The van der Waals surface area contributed by atoms with Gasteiger partial charge < -0.3 is 9.31 Å². The molecule has 0 saturated carbocycles. The highest BCUT2D eigenvalue weighted by atomic mass is 35.6. The van der Waals surface area contributed by atoms with Crippen LogP contribution in [-0.4, -0.2) is 25.7 Å². The molecular weight excluding hydrogens is 214 g/mol. The van der Waals surface area contributed by atoms with Crippen molar-refractivity contribution in [2.45, 2.75) is 57.9 Å². The van der Waals surface area contributed by atoms with Crippen LogP contribution >= 0.6 is 11.1 Å². The highest BCUT2D eigenvalue weighted by Crippen LogP contribution is 2.39. The van der Waals surface area contributed by atoms with E-state index in [4.69, 9.17) is 20.4 Å². The van der Waals surface area contributed by atoms with Crippen molar-refractivity contribution in [3.63, 3.8) is 0 Å². The van der Waals surface area contributed by atoms with Gasteiger partial charge in [0, 0.05) is 0 Å². The van der Waals surface area contributed by atoms with Crippen molar-refractivity contribution >= 4 is 25.6 Å². The van der Waals surface area contributed by atoms with Crippen LogP contribution in [0.3, 0.4) is 0 Å². The third kappa shape index (κ3) is 2.75. The summed E-state index contributed by atoms with van der Waals surface area (Å²) >= 11 is 6.28. The monoisotopic (exact) mass is 234 g/mol. The standard InChI is InChI=1S/C9H20BClO2Si/c1-8(2)9(3,4)13-10(12-8)7-14(5,6)11/h7H2,1-6H3. The molecule has 1 heterocycles. The maximum Gasteiger partial charge on any atom is 0.456 e. The van der Waals surface area contributed by atoms with E-state index in [1.54, 1.807) is 0 Å². The van der Waals surface area contributed by atoms with Gasteiger partial charge in [0.25, 0.3) is 0 Å². The van der Waals surface area contributed by atoms with E-state index in [9.17, 15) is 0 Å². The molecular formula is C9H20BClO2Si. The van der Waals surface area contributed by atoms with Crippen LogP contribution < -0.4 is 0 Å². The molecule has 14 heavy (non-hydrogen) atoms. The van der Waals surface area contributed by atoms with E-state index in [0.29, 0.717) is 0 Å². The number of hydrogen-bond acceptors (Lipinski definition) is 2. The predicted octanol–water partition coefficient (Wildman–Crippen LogP) is 3.06. The zero-order chi connectivity index (χ0) is 11.2. The van der Waals surface area contributed by atoms with E-state index in [2.05, 4.69) is 40.8 Å². The lowest BCUT2D eigenvalue weighted by molar-refractivity contribution is 0.00578. The predicted molar refractivity (Wildman–Crippen MR) is 64.2 cm³/mol. The Morgan fingerprint density at radius 1 is 1.07 bits per heavy atom. The molecule has 0 amide bonds. The minimum atomic E-state index is -1.63. The molecule has 82 valence electrons. The third-order valence-electron chi connectivity index (χ3n) is 2.95. The first kappa shape index (κ1) is 12.6. The Labute approximate surface area is 93.2 Å². The van der Waals surface area contributed by atoms with E-state index in [1.807, 2.05) is 0 Å². The van der Waals surface area contributed by atoms with Gasteiger partial charge in [-0.3, -0.25) is 0 Å². The summed E-state index contributed by atoms with van der Waals surface area (Å²) in [4.78, 5) is 0. The first-order valence-electron chi connectivity index (χ1n) is 5.08. The van der Waals surface area contributed by atoms with E-state index in [0.717, 1.165) is 5.94 Å². The van der Waals surface area contributed by atoms with Crippen LogP contribution in [0.2, 0.25) is 19.0 Å². The molecule has 5 heteroatoms. The van der Waals surface area contributed by atoms with Crippen molar-refractivity contribution in [3.8, 4) is 0 Å². The van der Waals surface area contributed by atoms with Crippen LogP contribution in [0.1, 0.15) is 27.7 Å². The molecule has 0 unspecified atom stereocenters. The fraction of sp³-hybridized carbons (Fsp3) is 1.00. The van der Waals surface area contributed by atoms with Crippen LogP contribution in [-0.2, 0) is 9.31 Å². The van der Waals surface area contributed by atoms with Crippen molar-refractivity contribution in [1.29, 1.82) is 0 Å². The summed E-state index contributed by atoms with van der Waals surface area (Å²) in [5.74, 6) is 0.849. The largest absolute Gasteiger partial charge is 0.456 e. The fourth-order valence-electron chi connectivity index (χ4n) is 1.44. The summed E-state index contributed by atoms with van der Waals surface area (Å²) in [6.45, 7) is 12.5. The topological polar surface area (TPSA) is 18.5 Å². The third-order valence-corrected chi connectivity index (χ3v) is 4.72. The highest BCUT2D eigenvalue weighted by Gasteiger charge is 2.52. The van der Waals surface area contributed by atoms with E-state index in [1.165, 1.54) is 0 Å². The average Bonchev–Trinajstić information content (AvgIpc) is 1.94. The second-order valence-corrected chi connectivity index (χ2v) is 12.5. The van der Waals surface area contributed by atoms with Crippen molar-refractivity contribution in [3.05, 3.63) is 0 Å². The van der Waals surface area contributed by atoms with Crippen molar-refractivity contribution < 1.29 is 9.31 Å². The first-order valence-corrected chi connectivity index (χ1v) is 9.30. The lowest BCUT2D eigenvalue weighted by Crippen LogP contribution is -2.41. The van der Waals surface area contributed by atoms with Crippen molar-refractivity contribution in [2.75, 3.05) is 0 Å². The van der Waals surface area contributed by atoms with E-state index in [-0.39, 0.29) is 18.3 Å². The molecule has 1 rings (SSSR count). The highest BCUT2D eigenvalue weighted by molar-refractivity contribution is 7.21. The number of hydrogen-bond donors (Lipinski definition) is 0. The summed E-state index contributed by atoms with van der Waals surface area (Å²) in [7, 11) is -1.75. The quantitative estimate of drug-likeness (QED) is 0.540.